The number of hydrogen-bond donors (Lipinski definition) is 1. The lowest BCUT2D eigenvalue weighted by atomic mass is 10.1. The summed E-state index contributed by atoms with van der Waals surface area (Å²) in [4.78, 5) is 9.84. The van der Waals surface area contributed by atoms with Gasteiger partial charge in [0.1, 0.15) is 5.82 Å². The highest BCUT2D eigenvalue weighted by molar-refractivity contribution is 5.89. The van der Waals surface area contributed by atoms with Gasteiger partial charge in [-0.2, -0.15) is 0 Å². The lowest BCUT2D eigenvalue weighted by Crippen LogP contribution is -2.29. The van der Waals surface area contributed by atoms with Crippen LogP contribution in [0.5, 0.6) is 0 Å². The standard InChI is InChI=1S/C20H21F2N3O/c1-3-25(12-17(26)14-10-8-13(2)9-11-14)20-15-6-4-5-7-16(15)23-19(24-20)18(21)22/h4-11,17-18,26H,3,12H2,1-2H3. The molecule has 0 aliphatic rings. The van der Waals surface area contributed by atoms with Crippen LogP contribution in [0.4, 0.5) is 14.6 Å². The van der Waals surface area contributed by atoms with Crippen LogP contribution in [-0.2, 0) is 0 Å². The molecule has 0 spiro atoms. The van der Waals surface area contributed by atoms with Crippen molar-refractivity contribution in [1.82, 2.24) is 9.97 Å². The highest BCUT2D eigenvalue weighted by Crippen LogP contribution is 2.28. The zero-order valence-electron chi connectivity index (χ0n) is 14.7. The van der Waals surface area contributed by atoms with E-state index in [1.54, 1.807) is 23.1 Å². The maximum absolute atomic E-state index is 13.2. The molecule has 1 heterocycles. The van der Waals surface area contributed by atoms with Gasteiger partial charge in [-0.1, -0.05) is 42.0 Å². The van der Waals surface area contributed by atoms with E-state index in [2.05, 4.69) is 9.97 Å². The first-order valence-electron chi connectivity index (χ1n) is 8.54. The van der Waals surface area contributed by atoms with E-state index in [9.17, 15) is 13.9 Å². The molecule has 1 unspecified atom stereocenters. The fourth-order valence-electron chi connectivity index (χ4n) is 2.88. The molecular formula is C20H21F2N3O. The van der Waals surface area contributed by atoms with Crippen LogP contribution in [0.25, 0.3) is 10.9 Å². The van der Waals surface area contributed by atoms with Crippen LogP contribution < -0.4 is 4.90 Å². The molecule has 1 atom stereocenters. The van der Waals surface area contributed by atoms with Gasteiger partial charge in [0.15, 0.2) is 5.82 Å². The lowest BCUT2D eigenvalue weighted by molar-refractivity contribution is 0.141. The Balaban J connectivity index is 1.97. The highest BCUT2D eigenvalue weighted by atomic mass is 19.3. The van der Waals surface area contributed by atoms with Gasteiger partial charge in [-0.05, 0) is 31.5 Å². The van der Waals surface area contributed by atoms with E-state index < -0.39 is 18.4 Å². The summed E-state index contributed by atoms with van der Waals surface area (Å²) in [5, 5.41) is 11.3. The van der Waals surface area contributed by atoms with Gasteiger partial charge in [0.25, 0.3) is 6.43 Å². The molecule has 0 saturated heterocycles. The molecule has 1 aromatic heterocycles. The van der Waals surface area contributed by atoms with Crippen molar-refractivity contribution < 1.29 is 13.9 Å². The Morgan fingerprint density at radius 3 is 2.38 bits per heavy atom. The summed E-state index contributed by atoms with van der Waals surface area (Å²) in [6.45, 7) is 4.66. The molecule has 2 aromatic carbocycles. The van der Waals surface area contributed by atoms with E-state index in [0.29, 0.717) is 23.3 Å². The average Bonchev–Trinajstić information content (AvgIpc) is 2.65. The molecule has 0 aliphatic heterocycles. The van der Waals surface area contributed by atoms with Crippen LogP contribution in [-0.4, -0.2) is 28.2 Å². The number of para-hydroxylation sites is 1. The second kappa shape index (κ2) is 7.74. The van der Waals surface area contributed by atoms with Crippen molar-refractivity contribution in [2.24, 2.45) is 0 Å². The first kappa shape index (κ1) is 18.2. The summed E-state index contributed by atoms with van der Waals surface area (Å²) in [7, 11) is 0. The van der Waals surface area contributed by atoms with Gasteiger partial charge in [0.2, 0.25) is 0 Å². The zero-order chi connectivity index (χ0) is 18.7. The molecule has 4 nitrogen and oxygen atoms in total. The highest BCUT2D eigenvalue weighted by Gasteiger charge is 2.20. The number of likely N-dealkylation sites (N-methyl/N-ethyl adjacent to an activating group) is 1. The third kappa shape index (κ3) is 3.80. The van der Waals surface area contributed by atoms with E-state index in [0.717, 1.165) is 11.1 Å². The van der Waals surface area contributed by atoms with Crippen molar-refractivity contribution >= 4 is 16.7 Å². The average molecular weight is 357 g/mol. The summed E-state index contributed by atoms with van der Waals surface area (Å²) >= 11 is 0. The Morgan fingerprint density at radius 2 is 1.73 bits per heavy atom. The Labute approximate surface area is 151 Å². The number of anilines is 1. The number of aromatic nitrogens is 2. The van der Waals surface area contributed by atoms with E-state index in [1.165, 1.54) is 0 Å². The summed E-state index contributed by atoms with van der Waals surface area (Å²) < 4.78 is 26.4. The number of hydrogen-bond acceptors (Lipinski definition) is 4. The van der Waals surface area contributed by atoms with Crippen molar-refractivity contribution in [3.8, 4) is 0 Å². The quantitative estimate of drug-likeness (QED) is 0.709. The van der Waals surface area contributed by atoms with Crippen molar-refractivity contribution in [3.63, 3.8) is 0 Å². The molecule has 0 fully saturated rings. The zero-order valence-corrected chi connectivity index (χ0v) is 14.7. The minimum atomic E-state index is -2.75. The number of rotatable bonds is 6. The molecule has 1 N–H and O–H groups in total. The molecule has 3 aromatic rings. The Bertz CT molecular complexity index is 884. The second-order valence-electron chi connectivity index (χ2n) is 6.19. The fraction of sp³-hybridized carbons (Fsp3) is 0.300. The van der Waals surface area contributed by atoms with Crippen LogP contribution in [0.2, 0.25) is 0 Å². The lowest BCUT2D eigenvalue weighted by Gasteiger charge is -2.26. The number of nitrogens with zero attached hydrogens (tertiary/aromatic N) is 3. The molecule has 136 valence electrons. The van der Waals surface area contributed by atoms with Crippen molar-refractivity contribution in [2.45, 2.75) is 26.4 Å². The minimum Gasteiger partial charge on any atom is -0.387 e. The van der Waals surface area contributed by atoms with Crippen molar-refractivity contribution in [3.05, 3.63) is 65.5 Å². The van der Waals surface area contributed by atoms with Crippen LogP contribution in [0, 0.1) is 6.92 Å². The van der Waals surface area contributed by atoms with E-state index in [-0.39, 0.29) is 6.54 Å². The first-order valence-corrected chi connectivity index (χ1v) is 8.54. The molecule has 0 radical (unpaired) electrons. The molecule has 0 bridgehead atoms. The van der Waals surface area contributed by atoms with Gasteiger partial charge in [-0.15, -0.1) is 0 Å². The number of halogens is 2. The topological polar surface area (TPSA) is 49.2 Å². The SMILES string of the molecule is CCN(CC(O)c1ccc(C)cc1)c1nc(C(F)F)nc2ccccc12. The Morgan fingerprint density at radius 1 is 1.04 bits per heavy atom. The molecule has 0 saturated carbocycles. The van der Waals surface area contributed by atoms with E-state index in [4.69, 9.17) is 0 Å². The monoisotopic (exact) mass is 357 g/mol. The molecule has 0 amide bonds. The number of alkyl halides is 2. The largest absolute Gasteiger partial charge is 0.387 e. The number of aryl methyl sites for hydroxylation is 1. The van der Waals surface area contributed by atoms with Crippen LogP contribution in [0.3, 0.4) is 0 Å². The predicted molar refractivity (Wildman–Crippen MR) is 98.5 cm³/mol. The Hall–Kier alpha value is -2.60. The number of fused-ring (bicyclic) bond motifs is 1. The van der Waals surface area contributed by atoms with Crippen molar-refractivity contribution in [2.75, 3.05) is 18.0 Å². The van der Waals surface area contributed by atoms with Crippen molar-refractivity contribution in [1.29, 1.82) is 0 Å². The number of benzene rings is 2. The smallest absolute Gasteiger partial charge is 0.297 e. The fourth-order valence-corrected chi connectivity index (χ4v) is 2.88. The van der Waals surface area contributed by atoms with Gasteiger partial charge < -0.3 is 10.0 Å². The van der Waals surface area contributed by atoms with Gasteiger partial charge >= 0.3 is 0 Å². The number of aliphatic hydroxyl groups excluding tert-OH is 1. The number of aliphatic hydroxyl groups is 1. The molecule has 26 heavy (non-hydrogen) atoms. The third-order valence-corrected chi connectivity index (χ3v) is 4.33. The summed E-state index contributed by atoms with van der Waals surface area (Å²) in [6, 6.07) is 14.7. The van der Waals surface area contributed by atoms with E-state index in [1.807, 2.05) is 44.2 Å². The summed E-state index contributed by atoms with van der Waals surface area (Å²) in [6.07, 6.45) is -3.50. The summed E-state index contributed by atoms with van der Waals surface area (Å²) in [5.74, 6) is -0.0819. The van der Waals surface area contributed by atoms with Gasteiger partial charge in [0.05, 0.1) is 11.6 Å². The predicted octanol–water partition coefficient (Wildman–Crippen LogP) is 4.44. The first-order chi connectivity index (χ1) is 12.5. The van der Waals surface area contributed by atoms with Crippen LogP contribution >= 0.6 is 0 Å². The van der Waals surface area contributed by atoms with Gasteiger partial charge in [-0.25, -0.2) is 18.7 Å². The van der Waals surface area contributed by atoms with Gasteiger partial charge in [0, 0.05) is 18.5 Å². The minimum absolute atomic E-state index is 0.253. The third-order valence-electron chi connectivity index (χ3n) is 4.33. The molecular weight excluding hydrogens is 336 g/mol. The van der Waals surface area contributed by atoms with Crippen LogP contribution in [0.1, 0.15) is 36.4 Å². The Kier molecular flexibility index (Phi) is 5.42. The molecule has 6 heteroatoms. The van der Waals surface area contributed by atoms with Crippen LogP contribution in [0.15, 0.2) is 48.5 Å². The maximum atomic E-state index is 13.2. The second-order valence-corrected chi connectivity index (χ2v) is 6.19. The normalized spacial score (nSPS) is 12.5. The van der Waals surface area contributed by atoms with E-state index >= 15 is 0 Å². The van der Waals surface area contributed by atoms with Gasteiger partial charge in [-0.3, -0.25) is 0 Å². The summed E-state index contributed by atoms with van der Waals surface area (Å²) in [5.41, 5.74) is 2.36. The molecule has 3 rings (SSSR count). The maximum Gasteiger partial charge on any atom is 0.297 e. The molecule has 0 aliphatic carbocycles.